The molecule has 132 valence electrons. The van der Waals surface area contributed by atoms with E-state index in [1.54, 1.807) is 4.90 Å². The lowest BCUT2D eigenvalue weighted by molar-refractivity contribution is -0.121. The topological polar surface area (TPSA) is 58.6 Å². The lowest BCUT2D eigenvalue weighted by Gasteiger charge is -2.33. The Morgan fingerprint density at radius 1 is 1.25 bits per heavy atom. The van der Waals surface area contributed by atoms with E-state index in [1.807, 2.05) is 45.0 Å². The second kappa shape index (κ2) is 7.69. The molecule has 0 spiro atoms. The number of anilines is 1. The molecule has 0 saturated carbocycles. The van der Waals surface area contributed by atoms with E-state index in [9.17, 15) is 9.59 Å². The number of carbonyl (C=O) groups excluding carboxylic acids is 2. The van der Waals surface area contributed by atoms with Gasteiger partial charge in [0, 0.05) is 18.8 Å². The number of rotatable bonds is 3. The molecule has 1 saturated heterocycles. The number of hydrogen-bond donors (Lipinski definition) is 1. The molecular formula is C19H28N2O3. The van der Waals surface area contributed by atoms with Crippen molar-refractivity contribution >= 4 is 17.7 Å². The molecule has 1 heterocycles. The van der Waals surface area contributed by atoms with Crippen LogP contribution in [0.4, 0.5) is 10.5 Å². The Morgan fingerprint density at radius 3 is 2.50 bits per heavy atom. The normalized spacial score (nSPS) is 18.2. The molecule has 0 aromatic heterocycles. The van der Waals surface area contributed by atoms with Crippen LogP contribution in [0.1, 0.15) is 46.1 Å². The summed E-state index contributed by atoms with van der Waals surface area (Å²) in [5.41, 5.74) is 1.51. The van der Waals surface area contributed by atoms with E-state index < -0.39 is 5.60 Å². The number of carbonyl (C=O) groups is 2. The highest BCUT2D eigenvalue weighted by molar-refractivity contribution is 5.93. The van der Waals surface area contributed by atoms with Crippen LogP contribution in [-0.4, -0.2) is 35.6 Å². The molecule has 1 aliphatic heterocycles. The van der Waals surface area contributed by atoms with Gasteiger partial charge in [-0.25, -0.2) is 4.79 Å². The number of piperidine rings is 1. The molecule has 0 radical (unpaired) electrons. The molecule has 1 aromatic rings. The molecular weight excluding hydrogens is 304 g/mol. The van der Waals surface area contributed by atoms with Gasteiger partial charge >= 0.3 is 6.09 Å². The molecule has 1 N–H and O–H groups in total. The van der Waals surface area contributed by atoms with Gasteiger partial charge in [-0.2, -0.15) is 0 Å². The molecule has 0 bridgehead atoms. The van der Waals surface area contributed by atoms with Gasteiger partial charge in [-0.15, -0.1) is 0 Å². The number of ether oxygens (including phenoxy) is 1. The maximum absolute atomic E-state index is 12.5. The summed E-state index contributed by atoms with van der Waals surface area (Å²) in [6.45, 7) is 8.69. The third-order valence-corrected chi connectivity index (χ3v) is 4.07. The molecule has 1 aliphatic rings. The van der Waals surface area contributed by atoms with Gasteiger partial charge in [0.25, 0.3) is 0 Å². The fraction of sp³-hybridized carbons (Fsp3) is 0.579. The fourth-order valence-corrected chi connectivity index (χ4v) is 2.75. The molecule has 0 aliphatic carbocycles. The first-order chi connectivity index (χ1) is 11.3. The van der Waals surface area contributed by atoms with Crippen LogP contribution in [0.25, 0.3) is 0 Å². The Morgan fingerprint density at radius 2 is 1.92 bits per heavy atom. The molecule has 2 amide bonds. The number of nitrogens with one attached hydrogen (secondary N) is 1. The Labute approximate surface area is 144 Å². The summed E-state index contributed by atoms with van der Waals surface area (Å²) in [4.78, 5) is 26.3. The van der Waals surface area contributed by atoms with Crippen LogP contribution in [-0.2, 0) is 16.0 Å². The minimum atomic E-state index is -0.521. The summed E-state index contributed by atoms with van der Waals surface area (Å²) in [5, 5.41) is 2.95. The van der Waals surface area contributed by atoms with Gasteiger partial charge in [-0.3, -0.25) is 4.79 Å². The summed E-state index contributed by atoms with van der Waals surface area (Å²) < 4.78 is 5.40. The SMILES string of the molecule is CCc1ccc(NC(=O)C2CCCN(C(=O)OC(C)(C)C)C2)cc1. The van der Waals surface area contributed by atoms with Crippen LogP contribution in [0.15, 0.2) is 24.3 Å². The molecule has 5 nitrogen and oxygen atoms in total. The third kappa shape index (κ3) is 5.25. The number of nitrogens with zero attached hydrogens (tertiary/aromatic N) is 1. The van der Waals surface area contributed by atoms with Crippen molar-refractivity contribution in [2.45, 2.75) is 52.6 Å². The highest BCUT2D eigenvalue weighted by Crippen LogP contribution is 2.21. The van der Waals surface area contributed by atoms with Crippen molar-refractivity contribution in [2.24, 2.45) is 5.92 Å². The Kier molecular flexibility index (Phi) is 5.86. The van der Waals surface area contributed by atoms with Gasteiger partial charge in [0.2, 0.25) is 5.91 Å². The van der Waals surface area contributed by atoms with Gasteiger partial charge in [0.15, 0.2) is 0 Å². The summed E-state index contributed by atoms with van der Waals surface area (Å²) in [7, 11) is 0. The van der Waals surface area contributed by atoms with Crippen molar-refractivity contribution < 1.29 is 14.3 Å². The molecule has 2 rings (SSSR count). The standard InChI is InChI=1S/C19H28N2O3/c1-5-14-8-10-16(11-9-14)20-17(22)15-7-6-12-21(13-15)18(23)24-19(2,3)4/h8-11,15H,5-7,12-13H2,1-4H3,(H,20,22). The number of aryl methyl sites for hydroxylation is 1. The minimum absolute atomic E-state index is 0.0347. The van der Waals surface area contributed by atoms with Crippen molar-refractivity contribution in [3.05, 3.63) is 29.8 Å². The minimum Gasteiger partial charge on any atom is -0.444 e. The van der Waals surface area contributed by atoms with Crippen LogP contribution in [0.5, 0.6) is 0 Å². The van der Waals surface area contributed by atoms with E-state index in [-0.39, 0.29) is 17.9 Å². The van der Waals surface area contributed by atoms with Crippen molar-refractivity contribution in [1.82, 2.24) is 4.90 Å². The summed E-state index contributed by atoms with van der Waals surface area (Å²) >= 11 is 0. The van der Waals surface area contributed by atoms with E-state index in [1.165, 1.54) is 5.56 Å². The largest absolute Gasteiger partial charge is 0.444 e. The first kappa shape index (κ1) is 18.3. The summed E-state index contributed by atoms with van der Waals surface area (Å²) in [6.07, 6.45) is 2.23. The zero-order valence-corrected chi connectivity index (χ0v) is 15.1. The molecule has 1 unspecified atom stereocenters. The van der Waals surface area contributed by atoms with Gasteiger partial charge in [-0.1, -0.05) is 19.1 Å². The lowest BCUT2D eigenvalue weighted by Crippen LogP contribution is -2.45. The van der Waals surface area contributed by atoms with Crippen LogP contribution in [0.3, 0.4) is 0 Å². The van der Waals surface area contributed by atoms with E-state index >= 15 is 0 Å². The second-order valence-electron chi connectivity index (χ2n) is 7.31. The maximum atomic E-state index is 12.5. The highest BCUT2D eigenvalue weighted by Gasteiger charge is 2.31. The molecule has 1 fully saturated rings. The predicted molar refractivity (Wildman–Crippen MR) is 95.0 cm³/mol. The Bertz CT molecular complexity index is 575. The van der Waals surface area contributed by atoms with Crippen LogP contribution < -0.4 is 5.32 Å². The number of amides is 2. The maximum Gasteiger partial charge on any atom is 0.410 e. The van der Waals surface area contributed by atoms with E-state index in [2.05, 4.69) is 12.2 Å². The summed E-state index contributed by atoms with van der Waals surface area (Å²) in [5.74, 6) is -0.232. The van der Waals surface area contributed by atoms with Gasteiger partial charge in [0.05, 0.1) is 5.92 Å². The molecule has 1 atom stereocenters. The summed E-state index contributed by atoms with van der Waals surface area (Å²) in [6, 6.07) is 7.88. The van der Waals surface area contributed by atoms with Crippen LogP contribution in [0, 0.1) is 5.92 Å². The Balaban J connectivity index is 1.93. The number of likely N-dealkylation sites (tertiary alicyclic amines) is 1. The van der Waals surface area contributed by atoms with Crippen molar-refractivity contribution in [3.8, 4) is 0 Å². The zero-order chi connectivity index (χ0) is 17.7. The first-order valence-corrected chi connectivity index (χ1v) is 8.66. The quantitative estimate of drug-likeness (QED) is 0.915. The monoisotopic (exact) mass is 332 g/mol. The van der Waals surface area contributed by atoms with Gasteiger partial charge in [0.1, 0.15) is 5.60 Å². The van der Waals surface area contributed by atoms with Crippen molar-refractivity contribution in [3.63, 3.8) is 0 Å². The lowest BCUT2D eigenvalue weighted by atomic mass is 9.97. The average Bonchev–Trinajstić information content (AvgIpc) is 2.54. The van der Waals surface area contributed by atoms with Gasteiger partial charge in [-0.05, 0) is 57.7 Å². The predicted octanol–water partition coefficient (Wildman–Crippen LogP) is 3.83. The van der Waals surface area contributed by atoms with Gasteiger partial charge < -0.3 is 15.0 Å². The number of benzene rings is 1. The number of hydrogen-bond acceptors (Lipinski definition) is 3. The highest BCUT2D eigenvalue weighted by atomic mass is 16.6. The van der Waals surface area contributed by atoms with E-state index in [0.717, 1.165) is 24.9 Å². The van der Waals surface area contributed by atoms with E-state index in [0.29, 0.717) is 13.1 Å². The molecule has 24 heavy (non-hydrogen) atoms. The van der Waals surface area contributed by atoms with E-state index in [4.69, 9.17) is 4.74 Å². The Hall–Kier alpha value is -2.04. The smallest absolute Gasteiger partial charge is 0.410 e. The molecule has 1 aromatic carbocycles. The third-order valence-electron chi connectivity index (χ3n) is 4.07. The molecule has 5 heteroatoms. The van der Waals surface area contributed by atoms with Crippen molar-refractivity contribution in [1.29, 1.82) is 0 Å². The second-order valence-corrected chi connectivity index (χ2v) is 7.31. The average molecular weight is 332 g/mol. The van der Waals surface area contributed by atoms with Crippen LogP contribution in [0.2, 0.25) is 0 Å². The van der Waals surface area contributed by atoms with Crippen LogP contribution >= 0.6 is 0 Å². The fourth-order valence-electron chi connectivity index (χ4n) is 2.75. The van der Waals surface area contributed by atoms with Crippen molar-refractivity contribution in [2.75, 3.05) is 18.4 Å². The first-order valence-electron chi connectivity index (χ1n) is 8.66. The zero-order valence-electron chi connectivity index (χ0n) is 15.1.